The SMILES string of the molecule is CC(Cc1nc(-c2ccccc2)n[nH]1)CC(C)(C)C. The smallest absolute Gasteiger partial charge is 0.181 e. The third-order valence-corrected chi connectivity index (χ3v) is 3.07. The van der Waals surface area contributed by atoms with E-state index >= 15 is 0 Å². The lowest BCUT2D eigenvalue weighted by Gasteiger charge is -2.22. The van der Waals surface area contributed by atoms with E-state index < -0.39 is 0 Å². The average molecular weight is 257 g/mol. The summed E-state index contributed by atoms with van der Waals surface area (Å²) in [6.07, 6.45) is 2.14. The molecule has 2 aromatic rings. The van der Waals surface area contributed by atoms with Crippen molar-refractivity contribution in [2.24, 2.45) is 11.3 Å². The summed E-state index contributed by atoms with van der Waals surface area (Å²) in [5.74, 6) is 2.38. The zero-order chi connectivity index (χ0) is 13.9. The predicted octanol–water partition coefficient (Wildman–Crippen LogP) is 4.09. The van der Waals surface area contributed by atoms with Gasteiger partial charge in [-0.2, -0.15) is 5.10 Å². The normalized spacial score (nSPS) is 13.5. The molecule has 1 aromatic carbocycles. The second-order valence-corrected chi connectivity index (χ2v) is 6.55. The van der Waals surface area contributed by atoms with E-state index in [0.717, 1.165) is 23.6 Å². The lowest BCUT2D eigenvalue weighted by atomic mass is 9.84. The minimum atomic E-state index is 0.363. The number of H-pyrrole nitrogens is 1. The summed E-state index contributed by atoms with van der Waals surface area (Å²) in [6, 6.07) is 10.1. The van der Waals surface area contributed by atoms with Crippen LogP contribution in [0.5, 0.6) is 0 Å². The molecule has 1 heterocycles. The molecule has 1 N–H and O–H groups in total. The van der Waals surface area contributed by atoms with E-state index in [-0.39, 0.29) is 0 Å². The van der Waals surface area contributed by atoms with Crippen LogP contribution in [0.25, 0.3) is 11.4 Å². The monoisotopic (exact) mass is 257 g/mol. The Morgan fingerprint density at radius 2 is 1.84 bits per heavy atom. The number of aromatic amines is 1. The van der Waals surface area contributed by atoms with Crippen molar-refractivity contribution in [3.63, 3.8) is 0 Å². The number of nitrogens with one attached hydrogen (secondary N) is 1. The van der Waals surface area contributed by atoms with Crippen LogP contribution < -0.4 is 0 Å². The molecule has 0 saturated carbocycles. The number of nitrogens with zero attached hydrogens (tertiary/aromatic N) is 2. The first kappa shape index (κ1) is 13.8. The number of hydrogen-bond acceptors (Lipinski definition) is 2. The van der Waals surface area contributed by atoms with Gasteiger partial charge in [0.05, 0.1) is 0 Å². The highest BCUT2D eigenvalue weighted by Crippen LogP contribution is 2.26. The Morgan fingerprint density at radius 1 is 1.16 bits per heavy atom. The maximum absolute atomic E-state index is 4.58. The summed E-state index contributed by atoms with van der Waals surface area (Å²) in [5.41, 5.74) is 1.43. The Bertz CT molecular complexity index is 508. The van der Waals surface area contributed by atoms with E-state index in [1.54, 1.807) is 0 Å². The molecule has 3 nitrogen and oxygen atoms in total. The van der Waals surface area contributed by atoms with Crippen LogP contribution in [0, 0.1) is 11.3 Å². The van der Waals surface area contributed by atoms with E-state index in [1.165, 1.54) is 6.42 Å². The molecule has 2 rings (SSSR count). The molecule has 0 aliphatic carbocycles. The number of benzene rings is 1. The number of aromatic nitrogens is 3. The molecule has 0 spiro atoms. The predicted molar refractivity (Wildman–Crippen MR) is 78.8 cm³/mol. The van der Waals surface area contributed by atoms with Crippen molar-refractivity contribution < 1.29 is 0 Å². The molecule has 0 fully saturated rings. The molecule has 0 bridgehead atoms. The molecule has 1 atom stereocenters. The molecule has 19 heavy (non-hydrogen) atoms. The molecule has 0 radical (unpaired) electrons. The Hall–Kier alpha value is -1.64. The van der Waals surface area contributed by atoms with E-state index in [2.05, 4.69) is 42.9 Å². The van der Waals surface area contributed by atoms with Gasteiger partial charge in [0.25, 0.3) is 0 Å². The quantitative estimate of drug-likeness (QED) is 0.896. The van der Waals surface area contributed by atoms with E-state index in [0.29, 0.717) is 11.3 Å². The van der Waals surface area contributed by atoms with E-state index in [4.69, 9.17) is 0 Å². The Labute approximate surface area is 115 Å². The molecule has 1 unspecified atom stereocenters. The van der Waals surface area contributed by atoms with Gasteiger partial charge >= 0.3 is 0 Å². The first-order chi connectivity index (χ1) is 8.94. The summed E-state index contributed by atoms with van der Waals surface area (Å²) < 4.78 is 0. The van der Waals surface area contributed by atoms with Gasteiger partial charge in [-0.15, -0.1) is 0 Å². The van der Waals surface area contributed by atoms with Crippen LogP contribution in [0.2, 0.25) is 0 Å². The topological polar surface area (TPSA) is 41.6 Å². The summed E-state index contributed by atoms with van der Waals surface area (Å²) >= 11 is 0. The fourth-order valence-electron chi connectivity index (χ4n) is 2.55. The highest BCUT2D eigenvalue weighted by Gasteiger charge is 2.17. The van der Waals surface area contributed by atoms with Crippen LogP contribution in [0.15, 0.2) is 30.3 Å². The molecule has 0 aliphatic heterocycles. The molecule has 102 valence electrons. The average Bonchev–Trinajstić information content (AvgIpc) is 2.76. The van der Waals surface area contributed by atoms with Crippen molar-refractivity contribution in [2.75, 3.05) is 0 Å². The minimum Gasteiger partial charge on any atom is -0.263 e. The summed E-state index contributed by atoms with van der Waals surface area (Å²) in [6.45, 7) is 9.10. The standard InChI is InChI=1S/C16H23N3/c1-12(11-16(2,3)4)10-14-17-15(19-18-14)13-8-6-5-7-9-13/h5-9,12H,10-11H2,1-4H3,(H,17,18,19). The zero-order valence-corrected chi connectivity index (χ0v) is 12.3. The fraction of sp³-hybridized carbons (Fsp3) is 0.500. The van der Waals surface area contributed by atoms with Crippen LogP contribution >= 0.6 is 0 Å². The van der Waals surface area contributed by atoms with Gasteiger partial charge in [0.15, 0.2) is 5.82 Å². The number of rotatable bonds is 4. The van der Waals surface area contributed by atoms with Crippen molar-refractivity contribution >= 4 is 0 Å². The minimum absolute atomic E-state index is 0.363. The van der Waals surface area contributed by atoms with Crippen LogP contribution in [-0.4, -0.2) is 15.2 Å². The van der Waals surface area contributed by atoms with Gasteiger partial charge in [0, 0.05) is 12.0 Å². The molecular weight excluding hydrogens is 234 g/mol. The lowest BCUT2D eigenvalue weighted by molar-refractivity contribution is 0.304. The molecule has 0 amide bonds. The van der Waals surface area contributed by atoms with Gasteiger partial charge in [0.1, 0.15) is 5.82 Å². The van der Waals surface area contributed by atoms with Gasteiger partial charge < -0.3 is 0 Å². The third kappa shape index (κ3) is 4.19. The van der Waals surface area contributed by atoms with E-state index in [9.17, 15) is 0 Å². The first-order valence-electron chi connectivity index (χ1n) is 6.91. The molecule has 0 aliphatic rings. The lowest BCUT2D eigenvalue weighted by Crippen LogP contribution is -2.13. The molecule has 0 saturated heterocycles. The Balaban J connectivity index is 2.02. The summed E-state index contributed by atoms with van der Waals surface area (Å²) in [4.78, 5) is 4.58. The molecular formula is C16H23N3. The van der Waals surface area contributed by atoms with Gasteiger partial charge in [0.2, 0.25) is 0 Å². The van der Waals surface area contributed by atoms with Crippen LogP contribution in [0.4, 0.5) is 0 Å². The maximum atomic E-state index is 4.58. The fourth-order valence-corrected chi connectivity index (χ4v) is 2.55. The van der Waals surface area contributed by atoms with Gasteiger partial charge in [-0.1, -0.05) is 58.0 Å². The molecule has 3 heteroatoms. The maximum Gasteiger partial charge on any atom is 0.181 e. The highest BCUT2D eigenvalue weighted by molar-refractivity contribution is 5.53. The van der Waals surface area contributed by atoms with Crippen molar-refractivity contribution in [1.29, 1.82) is 0 Å². The van der Waals surface area contributed by atoms with Crippen LogP contribution in [0.3, 0.4) is 0 Å². The second-order valence-electron chi connectivity index (χ2n) is 6.55. The third-order valence-electron chi connectivity index (χ3n) is 3.07. The van der Waals surface area contributed by atoms with Gasteiger partial charge in [-0.25, -0.2) is 4.98 Å². The first-order valence-corrected chi connectivity index (χ1v) is 6.91. The van der Waals surface area contributed by atoms with Crippen molar-refractivity contribution in [1.82, 2.24) is 15.2 Å². The Kier molecular flexibility index (Phi) is 4.03. The van der Waals surface area contributed by atoms with Crippen molar-refractivity contribution in [3.05, 3.63) is 36.2 Å². The Morgan fingerprint density at radius 3 is 2.47 bits per heavy atom. The highest BCUT2D eigenvalue weighted by atomic mass is 15.2. The van der Waals surface area contributed by atoms with Crippen LogP contribution in [-0.2, 0) is 6.42 Å². The van der Waals surface area contributed by atoms with Crippen LogP contribution in [0.1, 0.15) is 39.9 Å². The summed E-state index contributed by atoms with van der Waals surface area (Å²) in [7, 11) is 0. The summed E-state index contributed by atoms with van der Waals surface area (Å²) in [5, 5.41) is 7.36. The van der Waals surface area contributed by atoms with Crippen molar-refractivity contribution in [2.45, 2.75) is 40.5 Å². The zero-order valence-electron chi connectivity index (χ0n) is 12.3. The number of hydrogen-bond donors (Lipinski definition) is 1. The van der Waals surface area contributed by atoms with E-state index in [1.807, 2.05) is 30.3 Å². The van der Waals surface area contributed by atoms with Crippen molar-refractivity contribution in [3.8, 4) is 11.4 Å². The molecule has 1 aromatic heterocycles. The van der Waals surface area contributed by atoms with Gasteiger partial charge in [-0.3, -0.25) is 5.10 Å². The van der Waals surface area contributed by atoms with Gasteiger partial charge in [-0.05, 0) is 17.8 Å². The largest absolute Gasteiger partial charge is 0.263 e. The second kappa shape index (κ2) is 5.55.